The van der Waals surface area contributed by atoms with Gasteiger partial charge in [0.1, 0.15) is 18.1 Å². The Balaban J connectivity index is 2.94. The van der Waals surface area contributed by atoms with Crippen molar-refractivity contribution in [1.82, 2.24) is 25.9 Å². The van der Waals surface area contributed by atoms with Crippen LogP contribution in [0.3, 0.4) is 0 Å². The van der Waals surface area contributed by atoms with Gasteiger partial charge in [-0.3, -0.25) is 28.8 Å². The number of nitrogens with one attached hydrogen (secondary N) is 4. The first-order chi connectivity index (χ1) is 15.9. The van der Waals surface area contributed by atoms with Gasteiger partial charge in [0.05, 0.1) is 12.4 Å². The fourth-order valence-electron chi connectivity index (χ4n) is 2.76. The first-order valence-electron chi connectivity index (χ1n) is 10.3. The standard InChI is InChI=1S/C19H30N8O7/c1-9(19(33)34)25-17(31)12(2-4-14(21)28)27-18(32)13(3-5-15(22)29)26-16(30)11(20)6-10-7-23-8-24-10/h7-9,11-13H,2-6,20H2,1H3,(H2,21,28)(H2,22,29)(H,23,24)(H,25,31)(H,26,30)(H,27,32)(H,33,34). The van der Waals surface area contributed by atoms with Crippen LogP contribution in [0, 0.1) is 0 Å². The van der Waals surface area contributed by atoms with Gasteiger partial charge in [0.2, 0.25) is 29.5 Å². The molecule has 0 saturated heterocycles. The van der Waals surface area contributed by atoms with Gasteiger partial charge >= 0.3 is 5.97 Å². The van der Waals surface area contributed by atoms with Gasteiger partial charge in [0, 0.05) is 31.2 Å². The molecule has 1 heterocycles. The Morgan fingerprint density at radius 2 is 1.44 bits per heavy atom. The molecule has 1 aromatic heterocycles. The van der Waals surface area contributed by atoms with Gasteiger partial charge in [-0.25, -0.2) is 4.98 Å². The fraction of sp³-hybridized carbons (Fsp3) is 0.526. The molecule has 4 atom stereocenters. The molecular formula is C19H30N8O7. The number of carboxylic acid groups (broad SMARTS) is 1. The number of carboxylic acids is 1. The van der Waals surface area contributed by atoms with E-state index in [2.05, 4.69) is 25.9 Å². The minimum atomic E-state index is -1.34. The molecule has 15 heteroatoms. The lowest BCUT2D eigenvalue weighted by Gasteiger charge is -2.24. The van der Waals surface area contributed by atoms with E-state index >= 15 is 0 Å². The number of aliphatic carboxylic acids is 1. The van der Waals surface area contributed by atoms with Gasteiger partial charge in [-0.1, -0.05) is 0 Å². The first-order valence-corrected chi connectivity index (χ1v) is 10.3. The molecule has 11 N–H and O–H groups in total. The molecule has 0 saturated carbocycles. The van der Waals surface area contributed by atoms with E-state index in [1.807, 2.05) is 0 Å². The molecule has 0 aromatic carbocycles. The number of hydrogen-bond acceptors (Lipinski definition) is 8. The van der Waals surface area contributed by atoms with Gasteiger partial charge in [-0.2, -0.15) is 0 Å². The summed E-state index contributed by atoms with van der Waals surface area (Å²) in [5, 5.41) is 15.9. The van der Waals surface area contributed by atoms with Crippen LogP contribution in [0.2, 0.25) is 0 Å². The van der Waals surface area contributed by atoms with Crippen molar-refractivity contribution in [3.05, 3.63) is 18.2 Å². The summed E-state index contributed by atoms with van der Waals surface area (Å²) in [6, 6.07) is -4.97. The second-order valence-corrected chi connectivity index (χ2v) is 7.59. The van der Waals surface area contributed by atoms with E-state index in [0.29, 0.717) is 5.69 Å². The average molecular weight is 482 g/mol. The molecule has 34 heavy (non-hydrogen) atoms. The van der Waals surface area contributed by atoms with Crippen molar-refractivity contribution in [2.75, 3.05) is 0 Å². The predicted molar refractivity (Wildman–Crippen MR) is 116 cm³/mol. The Kier molecular flexibility index (Phi) is 11.1. The van der Waals surface area contributed by atoms with Gasteiger partial charge < -0.3 is 43.2 Å². The summed E-state index contributed by atoms with van der Waals surface area (Å²) in [4.78, 5) is 77.8. The third kappa shape index (κ3) is 10.1. The summed E-state index contributed by atoms with van der Waals surface area (Å²) in [7, 11) is 0. The maximum Gasteiger partial charge on any atom is 0.325 e. The lowest BCUT2D eigenvalue weighted by molar-refractivity contribution is -0.142. The molecule has 5 amide bonds. The second-order valence-electron chi connectivity index (χ2n) is 7.59. The Labute approximate surface area is 194 Å². The zero-order valence-corrected chi connectivity index (χ0v) is 18.6. The molecular weight excluding hydrogens is 452 g/mol. The molecule has 0 aliphatic heterocycles. The zero-order valence-electron chi connectivity index (χ0n) is 18.6. The van der Waals surface area contributed by atoms with E-state index in [0.717, 1.165) is 0 Å². The van der Waals surface area contributed by atoms with E-state index < -0.39 is 59.7 Å². The molecule has 1 aromatic rings. The van der Waals surface area contributed by atoms with E-state index in [-0.39, 0.29) is 32.1 Å². The summed E-state index contributed by atoms with van der Waals surface area (Å²) in [5.74, 6) is -5.24. The monoisotopic (exact) mass is 482 g/mol. The van der Waals surface area contributed by atoms with E-state index in [1.54, 1.807) is 0 Å². The van der Waals surface area contributed by atoms with Crippen LogP contribution in [-0.2, 0) is 35.2 Å². The molecule has 0 fully saturated rings. The van der Waals surface area contributed by atoms with Crippen molar-refractivity contribution >= 4 is 35.5 Å². The largest absolute Gasteiger partial charge is 0.480 e. The van der Waals surface area contributed by atoms with Crippen molar-refractivity contribution in [2.24, 2.45) is 17.2 Å². The lowest BCUT2D eigenvalue weighted by Crippen LogP contribution is -2.57. The molecule has 0 radical (unpaired) electrons. The van der Waals surface area contributed by atoms with Crippen LogP contribution >= 0.6 is 0 Å². The maximum atomic E-state index is 12.9. The number of hydrogen-bond donors (Lipinski definition) is 8. The molecule has 0 aliphatic rings. The SMILES string of the molecule is CC(NC(=O)C(CCC(N)=O)NC(=O)C(CCC(N)=O)NC(=O)C(N)Cc1cnc[nH]1)C(=O)O. The van der Waals surface area contributed by atoms with Crippen LogP contribution in [0.15, 0.2) is 12.5 Å². The summed E-state index contributed by atoms with van der Waals surface area (Å²) < 4.78 is 0. The highest BCUT2D eigenvalue weighted by Gasteiger charge is 2.30. The molecule has 4 unspecified atom stereocenters. The predicted octanol–water partition coefficient (Wildman–Crippen LogP) is -3.63. The highest BCUT2D eigenvalue weighted by Crippen LogP contribution is 2.05. The Morgan fingerprint density at radius 3 is 1.88 bits per heavy atom. The van der Waals surface area contributed by atoms with E-state index in [1.165, 1.54) is 19.4 Å². The number of aromatic amines is 1. The van der Waals surface area contributed by atoms with Crippen molar-refractivity contribution in [3.63, 3.8) is 0 Å². The van der Waals surface area contributed by atoms with Gasteiger partial charge in [0.15, 0.2) is 0 Å². The van der Waals surface area contributed by atoms with Crippen LogP contribution in [0.5, 0.6) is 0 Å². The lowest BCUT2D eigenvalue weighted by atomic mass is 10.1. The summed E-state index contributed by atoms with van der Waals surface area (Å²) >= 11 is 0. The molecule has 15 nitrogen and oxygen atoms in total. The molecule has 0 bridgehead atoms. The number of amides is 5. The molecule has 0 aliphatic carbocycles. The minimum Gasteiger partial charge on any atom is -0.480 e. The quantitative estimate of drug-likeness (QED) is 0.122. The smallest absolute Gasteiger partial charge is 0.325 e. The van der Waals surface area contributed by atoms with Crippen molar-refractivity contribution < 1.29 is 33.9 Å². The Bertz CT molecular complexity index is 889. The van der Waals surface area contributed by atoms with Crippen LogP contribution in [0.25, 0.3) is 0 Å². The fourth-order valence-corrected chi connectivity index (χ4v) is 2.76. The highest BCUT2D eigenvalue weighted by atomic mass is 16.4. The number of carbonyl (C=O) groups is 6. The van der Waals surface area contributed by atoms with Crippen LogP contribution in [0.1, 0.15) is 38.3 Å². The van der Waals surface area contributed by atoms with Gasteiger partial charge in [-0.05, 0) is 19.8 Å². The van der Waals surface area contributed by atoms with Crippen molar-refractivity contribution in [3.8, 4) is 0 Å². The van der Waals surface area contributed by atoms with Crippen molar-refractivity contribution in [1.29, 1.82) is 0 Å². The van der Waals surface area contributed by atoms with Gasteiger partial charge in [-0.15, -0.1) is 0 Å². The van der Waals surface area contributed by atoms with E-state index in [4.69, 9.17) is 22.3 Å². The molecule has 1 rings (SSSR count). The summed E-state index contributed by atoms with van der Waals surface area (Å²) in [6.07, 6.45) is 2.01. The second kappa shape index (κ2) is 13.5. The van der Waals surface area contributed by atoms with E-state index in [9.17, 15) is 28.8 Å². The third-order valence-electron chi connectivity index (χ3n) is 4.69. The first kappa shape index (κ1) is 28.0. The highest BCUT2D eigenvalue weighted by molar-refractivity contribution is 5.94. The van der Waals surface area contributed by atoms with Crippen molar-refractivity contribution in [2.45, 2.75) is 63.2 Å². The Hall–Kier alpha value is -4.01. The normalized spacial score (nSPS) is 14.2. The topological polar surface area (TPSA) is 265 Å². The number of nitrogens with two attached hydrogens (primary N) is 3. The molecule has 188 valence electrons. The number of nitrogens with zero attached hydrogens (tertiary/aromatic N) is 1. The van der Waals surface area contributed by atoms with Crippen LogP contribution < -0.4 is 33.2 Å². The number of carbonyl (C=O) groups excluding carboxylic acids is 5. The number of primary amides is 2. The number of H-pyrrole nitrogens is 1. The Morgan fingerprint density at radius 1 is 0.941 bits per heavy atom. The number of imidazole rings is 1. The van der Waals surface area contributed by atoms with Crippen LogP contribution in [-0.4, -0.2) is 74.7 Å². The number of rotatable bonds is 15. The average Bonchev–Trinajstić information content (AvgIpc) is 3.25. The zero-order chi connectivity index (χ0) is 25.8. The summed E-state index contributed by atoms with van der Waals surface area (Å²) in [6.45, 7) is 1.21. The van der Waals surface area contributed by atoms with Gasteiger partial charge in [0.25, 0.3) is 0 Å². The molecule has 0 spiro atoms. The summed E-state index contributed by atoms with van der Waals surface area (Å²) in [5.41, 5.74) is 16.7. The minimum absolute atomic E-state index is 0.0900. The maximum absolute atomic E-state index is 12.9. The number of aromatic nitrogens is 2. The third-order valence-corrected chi connectivity index (χ3v) is 4.69. The van der Waals surface area contributed by atoms with Crippen LogP contribution in [0.4, 0.5) is 0 Å².